The number of hydrogen-bond acceptors (Lipinski definition) is 4. The number of nitrogen functional groups attached to an aromatic ring is 1. The molecule has 1 atom stereocenters. The maximum atomic E-state index is 9.67. The molecule has 4 heteroatoms. The lowest BCUT2D eigenvalue weighted by molar-refractivity contribution is -0.0494. The van der Waals surface area contributed by atoms with Crippen LogP contribution in [0.5, 0.6) is 0 Å². The Kier molecular flexibility index (Phi) is 2.54. The van der Waals surface area contributed by atoms with Gasteiger partial charge in [0.25, 0.3) is 0 Å². The molecule has 0 amide bonds. The zero-order chi connectivity index (χ0) is 10.1. The first-order chi connectivity index (χ1) is 5.93. The smallest absolute Gasteiger partial charge is 0.111 e. The van der Waals surface area contributed by atoms with E-state index >= 15 is 0 Å². The minimum atomic E-state index is -1.21. The van der Waals surface area contributed by atoms with E-state index in [-0.39, 0.29) is 0 Å². The van der Waals surface area contributed by atoms with Gasteiger partial charge in [0.2, 0.25) is 0 Å². The van der Waals surface area contributed by atoms with E-state index in [0.717, 1.165) is 0 Å². The van der Waals surface area contributed by atoms with Crippen molar-refractivity contribution in [3.63, 3.8) is 0 Å². The lowest BCUT2D eigenvalue weighted by Gasteiger charge is -2.25. The molecule has 13 heavy (non-hydrogen) atoms. The molecule has 4 nitrogen and oxygen atoms in total. The van der Waals surface area contributed by atoms with E-state index in [1.54, 1.807) is 6.07 Å². The highest BCUT2D eigenvalue weighted by Gasteiger charge is 2.27. The Labute approximate surface area is 77.0 Å². The van der Waals surface area contributed by atoms with Crippen molar-refractivity contribution in [2.24, 2.45) is 0 Å². The second-order valence-corrected chi connectivity index (χ2v) is 3.56. The van der Waals surface area contributed by atoms with Gasteiger partial charge in [-0.2, -0.15) is 0 Å². The predicted octanol–water partition coefficient (Wildman–Crippen LogP) is 0.468. The number of pyridine rings is 1. The number of aromatic nitrogens is 1. The molecular formula is C9H14N2O2. The number of nitrogens with zero attached hydrogens (tertiary/aromatic N) is 1. The monoisotopic (exact) mass is 182 g/mol. The summed E-state index contributed by atoms with van der Waals surface area (Å²) in [6.45, 7) is 3.04. The lowest BCUT2D eigenvalue weighted by atomic mass is 9.95. The molecule has 0 saturated heterocycles. The van der Waals surface area contributed by atoms with E-state index in [2.05, 4.69) is 4.98 Å². The number of rotatable bonds is 2. The maximum absolute atomic E-state index is 9.67. The Morgan fingerprint density at radius 2 is 2.15 bits per heavy atom. The van der Waals surface area contributed by atoms with Gasteiger partial charge in [-0.1, -0.05) is 0 Å². The summed E-state index contributed by atoms with van der Waals surface area (Å²) in [7, 11) is 0. The van der Waals surface area contributed by atoms with Crippen LogP contribution in [0.1, 0.15) is 25.5 Å². The summed E-state index contributed by atoms with van der Waals surface area (Å²) in [6, 6.07) is 1.59. The van der Waals surface area contributed by atoms with Crippen LogP contribution in [0.2, 0.25) is 0 Å². The van der Waals surface area contributed by atoms with Gasteiger partial charge in [0.15, 0.2) is 0 Å². The van der Waals surface area contributed by atoms with Gasteiger partial charge in [0, 0.05) is 23.6 Å². The molecule has 72 valence electrons. The zero-order valence-electron chi connectivity index (χ0n) is 7.73. The highest BCUT2D eigenvalue weighted by atomic mass is 16.3. The van der Waals surface area contributed by atoms with E-state index in [1.807, 2.05) is 0 Å². The van der Waals surface area contributed by atoms with E-state index < -0.39 is 11.7 Å². The molecule has 1 aromatic heterocycles. The third-order valence-electron chi connectivity index (χ3n) is 1.85. The van der Waals surface area contributed by atoms with E-state index in [4.69, 9.17) is 5.73 Å². The Morgan fingerprint density at radius 1 is 1.54 bits per heavy atom. The molecule has 4 N–H and O–H groups in total. The van der Waals surface area contributed by atoms with Crippen LogP contribution in [0.3, 0.4) is 0 Å². The van der Waals surface area contributed by atoms with Gasteiger partial charge >= 0.3 is 0 Å². The highest BCUT2D eigenvalue weighted by molar-refractivity contribution is 5.46. The van der Waals surface area contributed by atoms with Crippen LogP contribution >= 0.6 is 0 Å². The molecular weight excluding hydrogens is 168 g/mol. The molecule has 1 heterocycles. The zero-order valence-corrected chi connectivity index (χ0v) is 7.73. The highest BCUT2D eigenvalue weighted by Crippen LogP contribution is 2.28. The Bertz CT molecular complexity index is 294. The molecule has 0 bridgehead atoms. The molecule has 1 rings (SSSR count). The number of nitrogens with two attached hydrogens (primary N) is 1. The van der Waals surface area contributed by atoms with Crippen LogP contribution in [0, 0.1) is 0 Å². The summed E-state index contributed by atoms with van der Waals surface area (Å²) in [5, 5.41) is 19.2. The van der Waals surface area contributed by atoms with E-state index in [9.17, 15) is 10.2 Å². The second-order valence-electron chi connectivity index (χ2n) is 3.56. The Balaban J connectivity index is 3.02. The van der Waals surface area contributed by atoms with Gasteiger partial charge in [-0.25, -0.2) is 0 Å². The maximum Gasteiger partial charge on any atom is 0.111 e. The fourth-order valence-electron chi connectivity index (χ4n) is 1.03. The summed E-state index contributed by atoms with van der Waals surface area (Å²) in [5.41, 5.74) is 5.28. The van der Waals surface area contributed by atoms with E-state index in [0.29, 0.717) is 11.3 Å². The largest absolute Gasteiger partial charge is 0.398 e. The van der Waals surface area contributed by atoms with Crippen LogP contribution in [-0.4, -0.2) is 20.8 Å². The van der Waals surface area contributed by atoms with Crippen LogP contribution in [0.4, 0.5) is 5.69 Å². The summed E-state index contributed by atoms with van der Waals surface area (Å²) in [6.07, 6.45) is 1.98. The van der Waals surface area contributed by atoms with Crippen molar-refractivity contribution in [2.45, 2.75) is 25.6 Å². The average Bonchev–Trinajstić information content (AvgIpc) is 2.02. The molecule has 0 aliphatic carbocycles. The minimum absolute atomic E-state index is 0.435. The van der Waals surface area contributed by atoms with Crippen LogP contribution in [0.25, 0.3) is 0 Å². The topological polar surface area (TPSA) is 79.4 Å². The van der Waals surface area contributed by atoms with Crippen LogP contribution in [0.15, 0.2) is 18.5 Å². The normalized spacial score (nSPS) is 14.2. The summed E-state index contributed by atoms with van der Waals surface area (Å²) < 4.78 is 0. The third kappa shape index (κ3) is 2.17. The molecule has 1 unspecified atom stereocenters. The van der Waals surface area contributed by atoms with Crippen molar-refractivity contribution in [2.75, 3.05) is 5.73 Å². The first-order valence-corrected chi connectivity index (χ1v) is 4.02. The minimum Gasteiger partial charge on any atom is -0.398 e. The van der Waals surface area contributed by atoms with Gasteiger partial charge in [0.05, 0.1) is 5.60 Å². The van der Waals surface area contributed by atoms with Crippen molar-refractivity contribution < 1.29 is 10.2 Å². The molecule has 0 aliphatic heterocycles. The molecule has 0 spiro atoms. The number of aliphatic hydroxyl groups is 2. The van der Waals surface area contributed by atoms with E-state index in [1.165, 1.54) is 26.2 Å². The molecule has 0 aromatic carbocycles. The number of anilines is 1. The van der Waals surface area contributed by atoms with Gasteiger partial charge in [-0.05, 0) is 19.9 Å². The predicted molar refractivity (Wildman–Crippen MR) is 49.9 cm³/mol. The Hall–Kier alpha value is -1.13. The molecule has 0 aliphatic rings. The standard InChI is InChI=1S/C9H14N2O2/c1-9(2,13)8(12)6-5-11-4-3-7(6)10/h3-5,8,12-13H,1-2H3,(H2,10,11). The fourth-order valence-corrected chi connectivity index (χ4v) is 1.03. The third-order valence-corrected chi connectivity index (χ3v) is 1.85. The van der Waals surface area contributed by atoms with Crippen LogP contribution < -0.4 is 5.73 Å². The van der Waals surface area contributed by atoms with Crippen molar-refractivity contribution in [3.8, 4) is 0 Å². The van der Waals surface area contributed by atoms with Crippen molar-refractivity contribution in [1.82, 2.24) is 4.98 Å². The molecule has 0 radical (unpaired) electrons. The first kappa shape index (κ1) is 9.95. The molecule has 0 saturated carbocycles. The van der Waals surface area contributed by atoms with Gasteiger partial charge in [-0.15, -0.1) is 0 Å². The second kappa shape index (κ2) is 3.32. The summed E-state index contributed by atoms with van der Waals surface area (Å²) in [5.74, 6) is 0. The molecule has 1 aromatic rings. The summed E-state index contributed by atoms with van der Waals surface area (Å²) >= 11 is 0. The van der Waals surface area contributed by atoms with Gasteiger partial charge in [0.1, 0.15) is 6.10 Å². The first-order valence-electron chi connectivity index (χ1n) is 4.02. The SMILES string of the molecule is CC(C)(O)C(O)c1cnccc1N. The number of hydrogen-bond donors (Lipinski definition) is 3. The average molecular weight is 182 g/mol. The number of aliphatic hydroxyl groups excluding tert-OH is 1. The Morgan fingerprint density at radius 3 is 2.62 bits per heavy atom. The van der Waals surface area contributed by atoms with Crippen molar-refractivity contribution in [3.05, 3.63) is 24.0 Å². The van der Waals surface area contributed by atoms with Gasteiger partial charge in [-0.3, -0.25) is 4.98 Å². The molecule has 0 fully saturated rings. The quantitative estimate of drug-likeness (QED) is 0.621. The van der Waals surface area contributed by atoms with Crippen molar-refractivity contribution in [1.29, 1.82) is 0 Å². The van der Waals surface area contributed by atoms with Gasteiger partial charge < -0.3 is 15.9 Å². The summed E-state index contributed by atoms with van der Waals surface area (Å²) in [4.78, 5) is 3.83. The van der Waals surface area contributed by atoms with Crippen molar-refractivity contribution >= 4 is 5.69 Å². The fraction of sp³-hybridized carbons (Fsp3) is 0.444. The van der Waals surface area contributed by atoms with Crippen LogP contribution in [-0.2, 0) is 0 Å². The lowest BCUT2D eigenvalue weighted by Crippen LogP contribution is -2.29.